The lowest BCUT2D eigenvalue weighted by Gasteiger charge is -2.30. The third-order valence-electron chi connectivity index (χ3n) is 4.82. The minimum atomic E-state index is -0.408. The molecule has 0 aliphatic heterocycles. The number of carbonyl (C=O) groups excluding carboxylic acids is 1. The third kappa shape index (κ3) is 3.38. The first-order chi connectivity index (χ1) is 11.9. The van der Waals surface area contributed by atoms with Gasteiger partial charge in [-0.3, -0.25) is 14.9 Å². The summed E-state index contributed by atoms with van der Waals surface area (Å²) in [5.74, 6) is -0.233. The van der Waals surface area contributed by atoms with Gasteiger partial charge in [0.15, 0.2) is 0 Å². The van der Waals surface area contributed by atoms with Crippen LogP contribution in [0.25, 0.3) is 0 Å². The maximum atomic E-state index is 13.1. The van der Waals surface area contributed by atoms with E-state index < -0.39 is 4.92 Å². The topological polar surface area (TPSA) is 78.0 Å². The number of rotatable bonds is 3. The number of nitro benzene ring substituents is 1. The maximum Gasteiger partial charge on any atom is 0.269 e. The molecule has 0 radical (unpaired) electrons. The minimum Gasteiger partial charge on any atom is -0.272 e. The molecule has 1 aromatic heterocycles. The Morgan fingerprint density at radius 3 is 2.48 bits per heavy atom. The molecule has 1 heterocycles. The Balaban J connectivity index is 1.94. The molecule has 6 heteroatoms. The first-order valence-corrected chi connectivity index (χ1v) is 8.34. The first-order valence-electron chi connectivity index (χ1n) is 8.34. The van der Waals surface area contributed by atoms with E-state index >= 15 is 0 Å². The average Bonchev–Trinajstić information content (AvgIpc) is 2.92. The Kier molecular flexibility index (Phi) is 4.53. The number of aryl methyl sites for hydroxylation is 2. The van der Waals surface area contributed by atoms with Crippen LogP contribution in [0.4, 0.5) is 5.69 Å². The Hall–Kier alpha value is -2.76. The largest absolute Gasteiger partial charge is 0.272 e. The summed E-state index contributed by atoms with van der Waals surface area (Å²) in [6.07, 6.45) is 3.54. The average molecular weight is 339 g/mol. The highest BCUT2D eigenvalue weighted by Gasteiger charge is 2.33. The quantitative estimate of drug-likeness (QED) is 0.477. The van der Waals surface area contributed by atoms with Crippen molar-refractivity contribution in [1.82, 2.24) is 9.78 Å². The van der Waals surface area contributed by atoms with Crippen LogP contribution in [0.2, 0.25) is 0 Å². The monoisotopic (exact) mass is 339 g/mol. The van der Waals surface area contributed by atoms with Gasteiger partial charge in [-0.25, -0.2) is 4.68 Å². The van der Waals surface area contributed by atoms with Crippen molar-refractivity contribution in [3.63, 3.8) is 0 Å². The molecule has 0 amide bonds. The predicted octanol–water partition coefficient (Wildman–Crippen LogP) is 4.19. The van der Waals surface area contributed by atoms with Gasteiger partial charge in [-0.05, 0) is 51.2 Å². The number of carbonyl (C=O) groups is 1. The van der Waals surface area contributed by atoms with Gasteiger partial charge in [0.25, 0.3) is 11.6 Å². The summed E-state index contributed by atoms with van der Waals surface area (Å²) in [7, 11) is 0. The molecule has 2 atom stereocenters. The zero-order valence-electron chi connectivity index (χ0n) is 14.6. The second-order valence-corrected chi connectivity index (χ2v) is 6.73. The zero-order valence-corrected chi connectivity index (χ0v) is 14.6. The summed E-state index contributed by atoms with van der Waals surface area (Å²) in [5.41, 5.74) is 3.91. The molecule has 25 heavy (non-hydrogen) atoms. The molecular formula is C19H21N3O3. The number of nitro groups is 1. The lowest BCUT2D eigenvalue weighted by atomic mass is 9.75. The van der Waals surface area contributed by atoms with Gasteiger partial charge in [0.2, 0.25) is 0 Å². The van der Waals surface area contributed by atoms with E-state index in [2.05, 4.69) is 18.1 Å². The van der Waals surface area contributed by atoms with Crippen molar-refractivity contribution < 1.29 is 9.72 Å². The fourth-order valence-corrected chi connectivity index (χ4v) is 3.54. The molecule has 130 valence electrons. The Morgan fingerprint density at radius 1 is 1.24 bits per heavy atom. The number of benzene rings is 1. The second-order valence-electron chi connectivity index (χ2n) is 6.73. The van der Waals surface area contributed by atoms with Crippen LogP contribution in [0, 0.1) is 29.9 Å². The van der Waals surface area contributed by atoms with Gasteiger partial charge >= 0.3 is 0 Å². The van der Waals surface area contributed by atoms with Crippen molar-refractivity contribution in [3.05, 3.63) is 69.0 Å². The third-order valence-corrected chi connectivity index (χ3v) is 4.82. The molecule has 0 saturated heterocycles. The Labute approximate surface area is 146 Å². The van der Waals surface area contributed by atoms with Gasteiger partial charge in [-0.15, -0.1) is 0 Å². The van der Waals surface area contributed by atoms with Crippen molar-refractivity contribution in [2.75, 3.05) is 0 Å². The highest BCUT2D eigenvalue weighted by Crippen LogP contribution is 2.39. The van der Waals surface area contributed by atoms with Gasteiger partial charge < -0.3 is 0 Å². The molecule has 3 rings (SSSR count). The van der Waals surface area contributed by atoms with Crippen LogP contribution in [-0.4, -0.2) is 20.6 Å². The van der Waals surface area contributed by atoms with E-state index in [1.165, 1.54) is 22.4 Å². The highest BCUT2D eigenvalue weighted by molar-refractivity contribution is 5.82. The summed E-state index contributed by atoms with van der Waals surface area (Å²) >= 11 is 0. The van der Waals surface area contributed by atoms with Crippen LogP contribution in [0.15, 0.2) is 42.0 Å². The Morgan fingerprint density at radius 2 is 1.92 bits per heavy atom. The van der Waals surface area contributed by atoms with E-state index in [4.69, 9.17) is 0 Å². The lowest BCUT2D eigenvalue weighted by molar-refractivity contribution is -0.384. The van der Waals surface area contributed by atoms with Crippen LogP contribution >= 0.6 is 0 Å². The minimum absolute atomic E-state index is 0.00205. The summed E-state index contributed by atoms with van der Waals surface area (Å²) < 4.78 is 1.49. The van der Waals surface area contributed by atoms with Gasteiger partial charge in [0.1, 0.15) is 0 Å². The number of allylic oxidation sites excluding steroid dienone is 2. The second kappa shape index (κ2) is 6.63. The van der Waals surface area contributed by atoms with Gasteiger partial charge in [-0.1, -0.05) is 23.8 Å². The molecule has 0 fully saturated rings. The van der Waals surface area contributed by atoms with Crippen molar-refractivity contribution in [1.29, 1.82) is 0 Å². The number of non-ortho nitro benzene ring substituents is 1. The molecule has 2 unspecified atom stereocenters. The van der Waals surface area contributed by atoms with Crippen LogP contribution in [0.5, 0.6) is 0 Å². The molecule has 1 aromatic carbocycles. The van der Waals surface area contributed by atoms with Gasteiger partial charge in [-0.2, -0.15) is 5.10 Å². The van der Waals surface area contributed by atoms with Gasteiger partial charge in [0, 0.05) is 17.8 Å². The summed E-state index contributed by atoms with van der Waals surface area (Å²) in [5, 5.41) is 15.2. The first kappa shape index (κ1) is 17.1. The highest BCUT2D eigenvalue weighted by atomic mass is 16.6. The van der Waals surface area contributed by atoms with Crippen LogP contribution in [0.3, 0.4) is 0 Å². The molecular weight excluding hydrogens is 318 g/mol. The van der Waals surface area contributed by atoms with Crippen LogP contribution in [-0.2, 0) is 0 Å². The molecule has 0 spiro atoms. The Bertz CT molecular complexity index is 849. The number of hydrogen-bond acceptors (Lipinski definition) is 4. The van der Waals surface area contributed by atoms with E-state index in [0.717, 1.165) is 23.4 Å². The van der Waals surface area contributed by atoms with E-state index in [1.54, 1.807) is 12.1 Å². The van der Waals surface area contributed by atoms with E-state index in [0.29, 0.717) is 6.42 Å². The normalized spacial score (nSPS) is 20.2. The predicted molar refractivity (Wildman–Crippen MR) is 94.6 cm³/mol. The number of hydrogen-bond donors (Lipinski definition) is 0. The lowest BCUT2D eigenvalue weighted by Crippen LogP contribution is -2.30. The standard InChI is InChI=1S/C19H21N3O3/c1-12-4-9-17(19(23)21-14(3)11-13(2)20-21)18(10-12)15-5-7-16(8-6-15)22(24)25/h4-8,11,17-18H,9-10H2,1-3H3. The molecule has 0 N–H and O–H groups in total. The van der Waals surface area contributed by atoms with Crippen LogP contribution in [0.1, 0.15) is 47.4 Å². The van der Waals surface area contributed by atoms with Crippen molar-refractivity contribution in [3.8, 4) is 0 Å². The van der Waals surface area contributed by atoms with Crippen molar-refractivity contribution in [2.45, 2.75) is 39.5 Å². The van der Waals surface area contributed by atoms with Crippen molar-refractivity contribution >= 4 is 11.6 Å². The SMILES string of the molecule is CC1=CCC(C(=O)n2nc(C)cc2C)C(c2ccc([N+](=O)[O-])cc2)C1. The van der Waals surface area contributed by atoms with E-state index in [-0.39, 0.29) is 23.4 Å². The molecule has 6 nitrogen and oxygen atoms in total. The van der Waals surface area contributed by atoms with Crippen molar-refractivity contribution in [2.24, 2.45) is 5.92 Å². The number of nitrogens with zero attached hydrogens (tertiary/aromatic N) is 3. The summed E-state index contributed by atoms with van der Waals surface area (Å²) in [4.78, 5) is 23.5. The molecule has 1 aliphatic rings. The summed E-state index contributed by atoms with van der Waals surface area (Å²) in [6, 6.07) is 8.44. The smallest absolute Gasteiger partial charge is 0.269 e. The van der Waals surface area contributed by atoms with E-state index in [1.807, 2.05) is 19.9 Å². The molecule has 1 aliphatic carbocycles. The fraction of sp³-hybridized carbons (Fsp3) is 0.368. The number of aromatic nitrogens is 2. The maximum absolute atomic E-state index is 13.1. The molecule has 2 aromatic rings. The molecule has 0 saturated carbocycles. The zero-order chi connectivity index (χ0) is 18.1. The van der Waals surface area contributed by atoms with Crippen LogP contribution < -0.4 is 0 Å². The fourth-order valence-electron chi connectivity index (χ4n) is 3.54. The summed E-state index contributed by atoms with van der Waals surface area (Å²) in [6.45, 7) is 5.81. The van der Waals surface area contributed by atoms with E-state index in [9.17, 15) is 14.9 Å². The molecule has 0 bridgehead atoms. The van der Waals surface area contributed by atoms with Gasteiger partial charge in [0.05, 0.1) is 16.5 Å².